The second-order valence-electron chi connectivity index (χ2n) is 2.04. The van der Waals surface area contributed by atoms with Gasteiger partial charge in [0.25, 0.3) is 5.91 Å². The highest BCUT2D eigenvalue weighted by molar-refractivity contribution is 5.72. The molecular formula is C5H5N4O3. The van der Waals surface area contributed by atoms with Gasteiger partial charge in [0.1, 0.15) is 12.4 Å². The van der Waals surface area contributed by atoms with E-state index < -0.39 is 16.8 Å². The lowest BCUT2D eigenvalue weighted by Crippen LogP contribution is -2.11. The van der Waals surface area contributed by atoms with Crippen LogP contribution in [0.3, 0.4) is 0 Å². The molecule has 1 heterocycles. The lowest BCUT2D eigenvalue weighted by Gasteiger charge is -1.95. The molecule has 0 spiro atoms. The van der Waals surface area contributed by atoms with E-state index in [9.17, 15) is 14.9 Å². The normalized spacial score (nSPS) is 9.67. The number of carbonyl (C=O) groups is 1. The van der Waals surface area contributed by atoms with Crippen LogP contribution in [0, 0.1) is 10.1 Å². The van der Waals surface area contributed by atoms with Gasteiger partial charge in [-0.05, 0) is 4.92 Å². The maximum atomic E-state index is 10.3. The molecule has 7 nitrogen and oxygen atoms in total. The molecule has 63 valence electrons. The minimum absolute atomic E-state index is 0.337. The molecule has 7 heteroatoms. The summed E-state index contributed by atoms with van der Waals surface area (Å²) < 4.78 is 1.01. The van der Waals surface area contributed by atoms with Gasteiger partial charge in [-0.25, -0.2) is 4.57 Å². The predicted molar refractivity (Wildman–Crippen MR) is 37.0 cm³/mol. The zero-order chi connectivity index (χ0) is 9.14. The van der Waals surface area contributed by atoms with E-state index in [1.165, 1.54) is 12.4 Å². The Labute approximate surface area is 67.0 Å². The monoisotopic (exact) mass is 169 g/mol. The zero-order valence-corrected chi connectivity index (χ0v) is 5.93. The number of hydrogen-bond acceptors (Lipinski definition) is 4. The van der Waals surface area contributed by atoms with E-state index in [1.54, 1.807) is 0 Å². The van der Waals surface area contributed by atoms with Gasteiger partial charge in [-0.15, -0.1) is 0 Å². The van der Waals surface area contributed by atoms with Crippen LogP contribution in [0.2, 0.25) is 0 Å². The molecule has 0 saturated heterocycles. The fourth-order valence-corrected chi connectivity index (χ4v) is 0.751. The first kappa shape index (κ1) is 8.18. The fourth-order valence-electron chi connectivity index (χ4n) is 0.751. The molecule has 1 aromatic rings. The molecule has 1 amide bonds. The molecule has 1 rings (SSSR count). The van der Waals surface area contributed by atoms with Crippen molar-refractivity contribution in [2.45, 2.75) is 6.54 Å². The molecule has 0 aliphatic rings. The van der Waals surface area contributed by atoms with Crippen LogP contribution >= 0.6 is 0 Å². The average molecular weight is 169 g/mol. The van der Waals surface area contributed by atoms with Crippen LogP contribution in [-0.4, -0.2) is 20.4 Å². The van der Waals surface area contributed by atoms with Gasteiger partial charge in [0.2, 0.25) is 0 Å². The number of aromatic nitrogens is 2. The van der Waals surface area contributed by atoms with Crippen molar-refractivity contribution >= 4 is 11.9 Å². The number of rotatable bonds is 3. The molecule has 1 aromatic heterocycles. The van der Waals surface area contributed by atoms with Crippen molar-refractivity contribution in [1.82, 2.24) is 15.3 Å². The van der Waals surface area contributed by atoms with E-state index in [0.717, 1.165) is 4.57 Å². The first-order valence-corrected chi connectivity index (χ1v) is 3.01. The van der Waals surface area contributed by atoms with Gasteiger partial charge in [0, 0.05) is 0 Å². The van der Waals surface area contributed by atoms with E-state index in [0.29, 0.717) is 0 Å². The summed E-state index contributed by atoms with van der Waals surface area (Å²) in [5.74, 6) is -1.31. The second-order valence-corrected chi connectivity index (χ2v) is 2.04. The molecule has 1 radical (unpaired) electrons. The number of nitrogens with zero attached hydrogens (tertiary/aromatic N) is 3. The van der Waals surface area contributed by atoms with Crippen molar-refractivity contribution in [3.63, 3.8) is 0 Å². The number of amides is 1. The molecule has 0 fully saturated rings. The number of hydrogen-bond donors (Lipinski definition) is 0. The van der Waals surface area contributed by atoms with E-state index in [4.69, 9.17) is 5.73 Å². The van der Waals surface area contributed by atoms with Gasteiger partial charge in [0.05, 0.1) is 0 Å². The standard InChI is InChI=1S/C5H5N4O3/c6-4(10)3-8-2-1-7-5(8)9(11)12/h1-2,6H,3H2. The highest BCUT2D eigenvalue weighted by atomic mass is 16.6. The van der Waals surface area contributed by atoms with Gasteiger partial charge >= 0.3 is 5.95 Å². The van der Waals surface area contributed by atoms with E-state index >= 15 is 0 Å². The van der Waals surface area contributed by atoms with E-state index in [-0.39, 0.29) is 6.54 Å². The number of nitrogens with one attached hydrogen (secondary N) is 1. The van der Waals surface area contributed by atoms with Gasteiger partial charge < -0.3 is 10.1 Å². The summed E-state index contributed by atoms with van der Waals surface area (Å²) in [7, 11) is 0. The number of carbonyl (C=O) groups excluding carboxylic acids is 1. The third-order valence-corrected chi connectivity index (χ3v) is 1.17. The first-order valence-electron chi connectivity index (χ1n) is 3.01. The lowest BCUT2D eigenvalue weighted by molar-refractivity contribution is -0.396. The van der Waals surface area contributed by atoms with Crippen LogP contribution in [-0.2, 0) is 11.3 Å². The topological polar surface area (TPSA) is 102 Å². The summed E-state index contributed by atoms with van der Waals surface area (Å²) in [5.41, 5.74) is 6.58. The van der Waals surface area contributed by atoms with Crippen LogP contribution in [0.5, 0.6) is 0 Å². The summed E-state index contributed by atoms with van der Waals surface area (Å²) >= 11 is 0. The molecule has 0 bridgehead atoms. The molecule has 0 unspecified atom stereocenters. The molecule has 0 aromatic carbocycles. The Hall–Kier alpha value is -1.92. The highest BCUT2D eigenvalue weighted by Gasteiger charge is 2.15. The van der Waals surface area contributed by atoms with E-state index in [2.05, 4.69) is 4.98 Å². The van der Waals surface area contributed by atoms with Crippen LogP contribution in [0.4, 0.5) is 5.95 Å². The molecule has 0 aliphatic heterocycles. The molecule has 0 aliphatic carbocycles. The summed E-state index contributed by atoms with van der Waals surface area (Å²) in [5, 5.41) is 10.2. The summed E-state index contributed by atoms with van der Waals surface area (Å²) in [6.45, 7) is -0.337. The minimum Gasteiger partial charge on any atom is -0.390 e. The zero-order valence-electron chi connectivity index (χ0n) is 5.93. The third-order valence-electron chi connectivity index (χ3n) is 1.17. The van der Waals surface area contributed by atoms with Crippen molar-refractivity contribution in [3.8, 4) is 0 Å². The summed E-state index contributed by atoms with van der Waals surface area (Å²) in [6, 6.07) is 0. The molecule has 1 N–H and O–H groups in total. The smallest absolute Gasteiger partial charge is 0.390 e. The largest absolute Gasteiger partial charge is 0.435 e. The Bertz CT molecular complexity index is 318. The molecule has 12 heavy (non-hydrogen) atoms. The third kappa shape index (κ3) is 1.57. The van der Waals surface area contributed by atoms with Gasteiger partial charge in [-0.2, -0.15) is 0 Å². The Morgan fingerprint density at radius 2 is 2.50 bits per heavy atom. The predicted octanol–water partition coefficient (Wildman–Crippen LogP) is -0.399. The van der Waals surface area contributed by atoms with Crippen molar-refractivity contribution in [2.24, 2.45) is 0 Å². The maximum Gasteiger partial charge on any atom is 0.435 e. The number of nitro groups is 1. The molecular weight excluding hydrogens is 164 g/mol. The van der Waals surface area contributed by atoms with Gasteiger partial charge in [0.15, 0.2) is 6.54 Å². The van der Waals surface area contributed by atoms with Crippen molar-refractivity contribution in [2.75, 3.05) is 0 Å². The lowest BCUT2D eigenvalue weighted by atomic mass is 10.6. The summed E-state index contributed by atoms with van der Waals surface area (Å²) in [4.78, 5) is 23.2. The van der Waals surface area contributed by atoms with Crippen LogP contribution in [0.15, 0.2) is 12.4 Å². The van der Waals surface area contributed by atoms with Crippen molar-refractivity contribution in [3.05, 3.63) is 22.5 Å². The molecule has 0 saturated carbocycles. The Morgan fingerprint density at radius 1 is 1.83 bits per heavy atom. The summed E-state index contributed by atoms with van der Waals surface area (Å²) in [6.07, 6.45) is 2.49. The minimum atomic E-state index is -0.892. The first-order chi connectivity index (χ1) is 5.61. The van der Waals surface area contributed by atoms with Crippen molar-refractivity contribution < 1.29 is 9.72 Å². The van der Waals surface area contributed by atoms with Crippen molar-refractivity contribution in [1.29, 1.82) is 0 Å². The average Bonchev–Trinajstić information content (AvgIpc) is 2.33. The van der Waals surface area contributed by atoms with Gasteiger partial charge in [-0.1, -0.05) is 4.98 Å². The second kappa shape index (κ2) is 2.99. The Kier molecular flexibility index (Phi) is 2.04. The quantitative estimate of drug-likeness (QED) is 0.453. The fraction of sp³-hybridized carbons (Fsp3) is 0.200. The van der Waals surface area contributed by atoms with E-state index in [1.807, 2.05) is 0 Å². The number of imidazole rings is 1. The van der Waals surface area contributed by atoms with Gasteiger partial charge in [-0.3, -0.25) is 10.5 Å². The van der Waals surface area contributed by atoms with Crippen LogP contribution in [0.1, 0.15) is 0 Å². The molecule has 0 atom stereocenters. The maximum absolute atomic E-state index is 10.3. The highest BCUT2D eigenvalue weighted by Crippen LogP contribution is 2.05. The van der Waals surface area contributed by atoms with Crippen LogP contribution in [0.25, 0.3) is 0 Å². The van der Waals surface area contributed by atoms with Crippen LogP contribution < -0.4 is 5.73 Å². The SMILES string of the molecule is [NH]C(=O)Cn1ccnc1[N+](=O)[O-]. The Balaban J connectivity index is 2.91. The Morgan fingerprint density at radius 3 is 3.00 bits per heavy atom.